The third kappa shape index (κ3) is 4.27. The highest BCUT2D eigenvalue weighted by atomic mass is 35.5. The Bertz CT molecular complexity index is 830. The van der Waals surface area contributed by atoms with Crippen LogP contribution >= 0.6 is 23.2 Å². The van der Waals surface area contributed by atoms with Crippen molar-refractivity contribution in [1.82, 2.24) is 5.32 Å². The molecular formula is C18H17Cl2N3O3. The van der Waals surface area contributed by atoms with Gasteiger partial charge in [0.05, 0.1) is 6.54 Å². The second-order valence-electron chi connectivity index (χ2n) is 5.97. The maximum Gasteiger partial charge on any atom is 0.326 e. The Hall–Kier alpha value is -2.28. The minimum absolute atomic E-state index is 0.0182. The lowest BCUT2D eigenvalue weighted by Crippen LogP contribution is -2.41. The predicted octanol–water partition coefficient (Wildman–Crippen LogP) is 3.53. The maximum absolute atomic E-state index is 12.2. The van der Waals surface area contributed by atoms with E-state index in [-0.39, 0.29) is 18.9 Å². The molecule has 0 radical (unpaired) electrons. The van der Waals surface area contributed by atoms with E-state index in [1.165, 1.54) is 0 Å². The average Bonchev–Trinajstić information content (AvgIpc) is 2.59. The molecule has 1 aliphatic heterocycles. The first-order valence-corrected chi connectivity index (χ1v) is 8.76. The summed E-state index contributed by atoms with van der Waals surface area (Å²) in [7, 11) is 0. The van der Waals surface area contributed by atoms with Gasteiger partial charge in [-0.3, -0.25) is 4.79 Å². The Morgan fingerprint density at radius 1 is 1.19 bits per heavy atom. The summed E-state index contributed by atoms with van der Waals surface area (Å²) in [5.41, 5.74) is 1.96. The Morgan fingerprint density at radius 2 is 1.92 bits per heavy atom. The van der Waals surface area contributed by atoms with Gasteiger partial charge in [0.2, 0.25) is 5.91 Å². The zero-order valence-electron chi connectivity index (χ0n) is 13.6. The number of carbonyl (C=O) groups excluding carboxylic acids is 1. The molecule has 0 unspecified atom stereocenters. The predicted molar refractivity (Wildman–Crippen MR) is 102 cm³/mol. The first-order chi connectivity index (χ1) is 12.4. The number of hydrogen-bond acceptors (Lipinski definition) is 4. The van der Waals surface area contributed by atoms with Gasteiger partial charge in [0, 0.05) is 33.0 Å². The van der Waals surface area contributed by atoms with Crippen LogP contribution in [0.2, 0.25) is 10.0 Å². The maximum atomic E-state index is 12.2. The molecule has 2 aromatic carbocycles. The molecule has 1 heterocycles. The summed E-state index contributed by atoms with van der Waals surface area (Å²) in [6, 6.07) is 11.1. The molecule has 0 bridgehead atoms. The van der Waals surface area contributed by atoms with E-state index in [0.717, 1.165) is 0 Å². The third-order valence-corrected chi connectivity index (χ3v) is 4.64. The van der Waals surface area contributed by atoms with Crippen LogP contribution in [0.1, 0.15) is 18.0 Å². The molecule has 0 aromatic heterocycles. The zero-order chi connectivity index (χ0) is 18.7. The van der Waals surface area contributed by atoms with Gasteiger partial charge >= 0.3 is 5.97 Å². The van der Waals surface area contributed by atoms with Gasteiger partial charge in [-0.2, -0.15) is 0 Å². The van der Waals surface area contributed by atoms with Crippen LogP contribution in [0.3, 0.4) is 0 Å². The lowest BCUT2D eigenvalue weighted by molar-refractivity contribution is -0.138. The quantitative estimate of drug-likeness (QED) is 0.623. The average molecular weight is 394 g/mol. The van der Waals surface area contributed by atoms with Crippen molar-refractivity contribution in [3.63, 3.8) is 0 Å². The number of aliphatic carboxylic acids is 1. The van der Waals surface area contributed by atoms with Gasteiger partial charge < -0.3 is 21.1 Å². The fourth-order valence-corrected chi connectivity index (χ4v) is 3.57. The highest BCUT2D eigenvalue weighted by Gasteiger charge is 2.32. The SMILES string of the molecule is O=C(CN[C@@H]1C[C@@H](C(=O)O)Nc2cc(Cl)cc(Cl)c21)Nc1ccccc1. The van der Waals surface area contributed by atoms with Gasteiger partial charge in [0.1, 0.15) is 6.04 Å². The van der Waals surface area contributed by atoms with E-state index in [1.54, 1.807) is 24.3 Å². The molecule has 26 heavy (non-hydrogen) atoms. The number of halogens is 2. The molecule has 2 atom stereocenters. The summed E-state index contributed by atoms with van der Waals surface area (Å²) < 4.78 is 0. The van der Waals surface area contributed by atoms with Crippen LogP contribution in [0.5, 0.6) is 0 Å². The third-order valence-electron chi connectivity index (χ3n) is 4.11. The number of anilines is 2. The van der Waals surface area contributed by atoms with Crippen molar-refractivity contribution in [2.75, 3.05) is 17.2 Å². The number of para-hydroxylation sites is 1. The number of rotatable bonds is 5. The Kier molecular flexibility index (Phi) is 5.66. The molecule has 0 spiro atoms. The van der Waals surface area contributed by atoms with Crippen LogP contribution in [-0.4, -0.2) is 29.6 Å². The monoisotopic (exact) mass is 393 g/mol. The van der Waals surface area contributed by atoms with E-state index in [2.05, 4.69) is 16.0 Å². The number of carboxylic acid groups (broad SMARTS) is 1. The molecule has 0 aliphatic carbocycles. The van der Waals surface area contributed by atoms with Crippen molar-refractivity contribution in [2.24, 2.45) is 0 Å². The van der Waals surface area contributed by atoms with Crippen molar-refractivity contribution in [3.8, 4) is 0 Å². The summed E-state index contributed by atoms with van der Waals surface area (Å²) in [5, 5.41) is 19.0. The summed E-state index contributed by atoms with van der Waals surface area (Å²) >= 11 is 12.3. The standard InChI is InChI=1S/C18H17Cl2N3O3/c19-10-6-12(20)17-13(8-15(18(25)26)23-14(17)7-10)21-9-16(24)22-11-4-2-1-3-5-11/h1-7,13,15,21,23H,8-9H2,(H,22,24)(H,25,26)/t13-,15+/m1/s1. The molecule has 136 valence electrons. The van der Waals surface area contributed by atoms with Gasteiger partial charge in [-0.25, -0.2) is 4.79 Å². The Balaban J connectivity index is 1.74. The van der Waals surface area contributed by atoms with Gasteiger partial charge in [0.25, 0.3) is 0 Å². The first-order valence-electron chi connectivity index (χ1n) is 8.00. The summed E-state index contributed by atoms with van der Waals surface area (Å²) in [6.45, 7) is 0.0182. The van der Waals surface area contributed by atoms with Crippen LogP contribution < -0.4 is 16.0 Å². The highest BCUT2D eigenvalue weighted by molar-refractivity contribution is 6.35. The molecular weight excluding hydrogens is 377 g/mol. The normalized spacial score (nSPS) is 18.5. The summed E-state index contributed by atoms with van der Waals surface area (Å²) in [4.78, 5) is 23.6. The van der Waals surface area contributed by atoms with Gasteiger partial charge in [-0.15, -0.1) is 0 Å². The van der Waals surface area contributed by atoms with E-state index in [9.17, 15) is 14.7 Å². The molecule has 0 saturated carbocycles. The number of benzene rings is 2. The smallest absolute Gasteiger partial charge is 0.326 e. The molecule has 0 saturated heterocycles. The number of nitrogens with one attached hydrogen (secondary N) is 3. The second-order valence-corrected chi connectivity index (χ2v) is 6.81. The Labute approximate surface area is 160 Å². The summed E-state index contributed by atoms with van der Waals surface area (Å²) in [5.74, 6) is -1.21. The van der Waals surface area contributed by atoms with Crippen molar-refractivity contribution in [2.45, 2.75) is 18.5 Å². The van der Waals surface area contributed by atoms with E-state index >= 15 is 0 Å². The lowest BCUT2D eigenvalue weighted by Gasteiger charge is -2.32. The number of hydrogen-bond donors (Lipinski definition) is 4. The largest absolute Gasteiger partial charge is 0.480 e. The molecule has 3 rings (SSSR count). The molecule has 2 aromatic rings. The molecule has 1 amide bonds. The zero-order valence-corrected chi connectivity index (χ0v) is 15.1. The topological polar surface area (TPSA) is 90.5 Å². The number of carbonyl (C=O) groups is 2. The van der Waals surface area contributed by atoms with Crippen LogP contribution in [0.25, 0.3) is 0 Å². The molecule has 8 heteroatoms. The fraction of sp³-hybridized carbons (Fsp3) is 0.222. The number of carboxylic acids is 1. The van der Waals surface area contributed by atoms with Crippen molar-refractivity contribution < 1.29 is 14.7 Å². The van der Waals surface area contributed by atoms with Crippen LogP contribution in [0.4, 0.5) is 11.4 Å². The Morgan fingerprint density at radius 3 is 2.62 bits per heavy atom. The van der Waals surface area contributed by atoms with Gasteiger partial charge in [-0.1, -0.05) is 41.4 Å². The van der Waals surface area contributed by atoms with E-state index in [1.807, 2.05) is 18.2 Å². The van der Waals surface area contributed by atoms with Crippen molar-refractivity contribution >= 4 is 46.5 Å². The van der Waals surface area contributed by atoms with Gasteiger partial charge in [0.15, 0.2) is 0 Å². The van der Waals surface area contributed by atoms with Crippen molar-refractivity contribution in [3.05, 3.63) is 58.1 Å². The van der Waals surface area contributed by atoms with Crippen LogP contribution in [0.15, 0.2) is 42.5 Å². The minimum Gasteiger partial charge on any atom is -0.480 e. The molecule has 4 N–H and O–H groups in total. The van der Waals surface area contributed by atoms with Crippen molar-refractivity contribution in [1.29, 1.82) is 0 Å². The molecule has 1 aliphatic rings. The van der Waals surface area contributed by atoms with Crippen LogP contribution in [-0.2, 0) is 9.59 Å². The molecule has 6 nitrogen and oxygen atoms in total. The van der Waals surface area contributed by atoms with E-state index < -0.39 is 18.1 Å². The number of fused-ring (bicyclic) bond motifs is 1. The second kappa shape index (κ2) is 7.95. The fourth-order valence-electron chi connectivity index (χ4n) is 2.95. The summed E-state index contributed by atoms with van der Waals surface area (Å²) in [6.07, 6.45) is 0.252. The lowest BCUT2D eigenvalue weighted by atomic mass is 9.92. The van der Waals surface area contributed by atoms with Crippen LogP contribution in [0, 0.1) is 0 Å². The van der Waals surface area contributed by atoms with E-state index in [0.29, 0.717) is 27.0 Å². The first kappa shape index (κ1) is 18.5. The highest BCUT2D eigenvalue weighted by Crippen LogP contribution is 2.39. The van der Waals surface area contributed by atoms with E-state index in [4.69, 9.17) is 23.2 Å². The minimum atomic E-state index is -0.979. The number of amides is 1. The molecule has 0 fully saturated rings. The van der Waals surface area contributed by atoms with Gasteiger partial charge in [-0.05, 0) is 30.7 Å².